The number of amides is 1. The summed E-state index contributed by atoms with van der Waals surface area (Å²) in [6, 6.07) is 12.5. The molecule has 1 aromatic carbocycles. The van der Waals surface area contributed by atoms with Gasteiger partial charge in [-0.05, 0) is 69.1 Å². The van der Waals surface area contributed by atoms with Crippen LogP contribution < -0.4 is 0 Å². The van der Waals surface area contributed by atoms with Gasteiger partial charge in [0.15, 0.2) is 0 Å². The van der Waals surface area contributed by atoms with E-state index in [0.717, 1.165) is 36.2 Å². The third kappa shape index (κ3) is 6.66. The Hall–Kier alpha value is -3.20. The van der Waals surface area contributed by atoms with Gasteiger partial charge >= 0.3 is 18.1 Å². The molecule has 9 heteroatoms. The molecule has 6 nitrogen and oxygen atoms in total. The van der Waals surface area contributed by atoms with Crippen molar-refractivity contribution >= 4 is 18.0 Å². The predicted molar refractivity (Wildman–Crippen MR) is 150 cm³/mol. The highest BCUT2D eigenvalue weighted by Crippen LogP contribution is 2.55. The molecule has 1 aromatic heterocycles. The summed E-state index contributed by atoms with van der Waals surface area (Å²) >= 11 is 0. The Kier molecular flexibility index (Phi) is 7.78. The van der Waals surface area contributed by atoms with Gasteiger partial charge < -0.3 is 9.64 Å². The highest BCUT2D eigenvalue weighted by Gasteiger charge is 2.61. The average Bonchev–Trinajstić information content (AvgIpc) is 3.64. The zero-order valence-corrected chi connectivity index (χ0v) is 24.1. The van der Waals surface area contributed by atoms with Crippen molar-refractivity contribution in [2.24, 2.45) is 11.3 Å². The first-order valence-corrected chi connectivity index (χ1v) is 14.3. The number of hydrogen-bond acceptors (Lipinski definition) is 5. The fourth-order valence-electron chi connectivity index (χ4n) is 6.49. The number of hydrogen-bond donors (Lipinski definition) is 0. The molecule has 0 bridgehead atoms. The Morgan fingerprint density at radius 2 is 1.78 bits per heavy atom. The van der Waals surface area contributed by atoms with Crippen LogP contribution in [-0.4, -0.2) is 63.6 Å². The highest BCUT2D eigenvalue weighted by atomic mass is 19.4. The molecule has 0 radical (unpaired) electrons. The quantitative estimate of drug-likeness (QED) is 0.351. The van der Waals surface area contributed by atoms with Crippen molar-refractivity contribution < 1.29 is 27.5 Å². The second kappa shape index (κ2) is 10.9. The molecule has 2 atom stereocenters. The van der Waals surface area contributed by atoms with E-state index in [4.69, 9.17) is 4.74 Å². The number of nitrogens with zero attached hydrogens (tertiary/aromatic N) is 3. The number of rotatable bonds is 8. The van der Waals surface area contributed by atoms with Crippen LogP contribution in [0.3, 0.4) is 0 Å². The molecule has 3 aliphatic rings. The summed E-state index contributed by atoms with van der Waals surface area (Å²) < 4.78 is 46.4. The minimum absolute atomic E-state index is 0.0305. The van der Waals surface area contributed by atoms with Crippen LogP contribution in [0.4, 0.5) is 13.2 Å². The molecule has 0 N–H and O–H groups in total. The van der Waals surface area contributed by atoms with Crippen LogP contribution in [0.2, 0.25) is 0 Å². The van der Waals surface area contributed by atoms with E-state index < -0.39 is 29.7 Å². The zero-order valence-electron chi connectivity index (χ0n) is 24.1. The minimum Gasteiger partial charge on any atom is -0.455 e. The average molecular weight is 570 g/mol. The Balaban J connectivity index is 1.17. The van der Waals surface area contributed by atoms with Crippen LogP contribution in [0.1, 0.15) is 75.0 Å². The largest absolute Gasteiger partial charge is 0.471 e. The lowest BCUT2D eigenvalue weighted by Gasteiger charge is -2.61. The number of ether oxygens (including phenoxy) is 1. The second-order valence-corrected chi connectivity index (χ2v) is 12.9. The molecule has 1 aliphatic heterocycles. The zero-order chi connectivity index (χ0) is 29.6. The topological polar surface area (TPSA) is 62.7 Å². The Bertz CT molecular complexity index is 1290. The van der Waals surface area contributed by atoms with E-state index in [2.05, 4.69) is 16.0 Å². The first-order chi connectivity index (χ1) is 19.3. The minimum atomic E-state index is -4.88. The summed E-state index contributed by atoms with van der Waals surface area (Å²) in [5.41, 5.74) is 2.68. The van der Waals surface area contributed by atoms with Crippen LogP contribution in [0.15, 0.2) is 54.2 Å². The fraction of sp³-hybridized carbons (Fsp3) is 0.531. The fourth-order valence-corrected chi connectivity index (χ4v) is 6.49. The molecule has 5 rings (SSSR count). The molecule has 1 amide bonds. The Morgan fingerprint density at radius 1 is 1.10 bits per heavy atom. The maximum absolute atomic E-state index is 13.7. The predicted octanol–water partition coefficient (Wildman–Crippen LogP) is 6.27. The molecule has 2 unspecified atom stereocenters. The molecular weight excluding hydrogens is 531 g/mol. The van der Waals surface area contributed by atoms with Gasteiger partial charge in [0.25, 0.3) is 0 Å². The number of likely N-dealkylation sites (tertiary alicyclic amines) is 1. The van der Waals surface area contributed by atoms with Crippen molar-refractivity contribution in [3.8, 4) is 0 Å². The van der Waals surface area contributed by atoms with Gasteiger partial charge in [-0.25, -0.2) is 9.78 Å². The Morgan fingerprint density at radius 3 is 2.34 bits per heavy atom. The number of pyridine rings is 1. The van der Waals surface area contributed by atoms with E-state index in [1.807, 2.05) is 43.3 Å². The maximum Gasteiger partial charge on any atom is 0.471 e. The number of aromatic nitrogens is 1. The van der Waals surface area contributed by atoms with Gasteiger partial charge in [0.05, 0.1) is 0 Å². The lowest BCUT2D eigenvalue weighted by Crippen LogP contribution is -2.67. The molecule has 41 heavy (non-hydrogen) atoms. The smallest absolute Gasteiger partial charge is 0.455 e. The molecular formula is C32H38F3N3O3. The number of esters is 1. The summed E-state index contributed by atoms with van der Waals surface area (Å²) in [5, 5.41) is 0. The molecule has 1 spiro atoms. The highest BCUT2D eigenvalue weighted by molar-refractivity contribution is 5.87. The lowest BCUT2D eigenvalue weighted by atomic mass is 9.60. The van der Waals surface area contributed by atoms with Crippen molar-refractivity contribution in [1.82, 2.24) is 14.8 Å². The molecule has 3 fully saturated rings. The third-order valence-electron chi connectivity index (χ3n) is 8.31. The van der Waals surface area contributed by atoms with Gasteiger partial charge in [-0.2, -0.15) is 13.2 Å². The normalized spacial score (nSPS) is 22.6. The van der Waals surface area contributed by atoms with Gasteiger partial charge in [-0.15, -0.1) is 0 Å². The summed E-state index contributed by atoms with van der Waals surface area (Å²) in [6.07, 6.45) is 1.34. The van der Waals surface area contributed by atoms with Gasteiger partial charge in [0, 0.05) is 43.8 Å². The van der Waals surface area contributed by atoms with Gasteiger partial charge in [-0.1, -0.05) is 55.0 Å². The van der Waals surface area contributed by atoms with Crippen LogP contribution in [-0.2, 0) is 16.1 Å². The lowest BCUT2D eigenvalue weighted by molar-refractivity contribution is -0.197. The number of carbonyl (C=O) groups is 2. The number of alkyl halides is 3. The summed E-state index contributed by atoms with van der Waals surface area (Å²) in [7, 11) is 0. The van der Waals surface area contributed by atoms with Crippen LogP contribution in [0.25, 0.3) is 6.08 Å². The van der Waals surface area contributed by atoms with Crippen molar-refractivity contribution in [3.05, 3.63) is 71.1 Å². The van der Waals surface area contributed by atoms with Crippen molar-refractivity contribution in [2.75, 3.05) is 13.1 Å². The first-order valence-electron chi connectivity index (χ1n) is 14.3. The summed E-state index contributed by atoms with van der Waals surface area (Å²) in [5.74, 6) is -2.20. The molecule has 2 aliphatic carbocycles. The number of halogens is 3. The van der Waals surface area contributed by atoms with E-state index in [9.17, 15) is 22.8 Å². The first kappa shape index (κ1) is 29.3. The Labute approximate surface area is 239 Å². The van der Waals surface area contributed by atoms with Crippen LogP contribution in [0, 0.1) is 11.3 Å². The van der Waals surface area contributed by atoms with Crippen LogP contribution >= 0.6 is 0 Å². The SMILES string of the molecule is CCC(=Cc1ccccc1)C1CC1N(C(=O)C(F)(F)F)C1CC2(C1)CN(Cc1ccc(C(=O)OC(C)(C)C)nc1)C2. The maximum atomic E-state index is 13.7. The van der Waals surface area contributed by atoms with Crippen molar-refractivity contribution in [3.63, 3.8) is 0 Å². The van der Waals surface area contributed by atoms with E-state index in [-0.39, 0.29) is 23.1 Å². The third-order valence-corrected chi connectivity index (χ3v) is 8.31. The molecule has 2 aromatic rings. The molecule has 220 valence electrons. The van der Waals surface area contributed by atoms with Gasteiger partial charge in [0.1, 0.15) is 11.3 Å². The standard InChI is InChI=1S/C32H38F3N3O3/c1-5-23(13-21-9-7-6-8-10-21)25-14-27(25)38(29(40)32(33,34)35)24-15-31(16-24)19-37(20-31)18-22-11-12-26(36-17-22)28(39)41-30(2,3)4/h6-13,17,24-25,27H,5,14-16,18-20H2,1-4H3. The molecule has 2 heterocycles. The summed E-state index contributed by atoms with van der Waals surface area (Å²) in [6.45, 7) is 9.61. The summed E-state index contributed by atoms with van der Waals surface area (Å²) in [4.78, 5) is 32.5. The molecule has 1 saturated heterocycles. The van der Waals surface area contributed by atoms with Gasteiger partial charge in [0.2, 0.25) is 0 Å². The van der Waals surface area contributed by atoms with Crippen LogP contribution in [0.5, 0.6) is 0 Å². The van der Waals surface area contributed by atoms with Crippen molar-refractivity contribution in [2.45, 2.75) is 83.8 Å². The van der Waals surface area contributed by atoms with E-state index in [0.29, 0.717) is 25.8 Å². The monoisotopic (exact) mass is 569 g/mol. The molecule has 2 saturated carbocycles. The second-order valence-electron chi connectivity index (χ2n) is 12.9. The van der Waals surface area contributed by atoms with E-state index in [1.54, 1.807) is 33.0 Å². The number of carbonyl (C=O) groups excluding carboxylic acids is 2. The van der Waals surface area contributed by atoms with E-state index >= 15 is 0 Å². The van der Waals surface area contributed by atoms with E-state index in [1.165, 1.54) is 4.90 Å². The van der Waals surface area contributed by atoms with Crippen molar-refractivity contribution in [1.29, 1.82) is 0 Å². The van der Waals surface area contributed by atoms with Gasteiger partial charge in [-0.3, -0.25) is 9.69 Å². The number of benzene rings is 1.